The van der Waals surface area contributed by atoms with Crippen LogP contribution in [-0.4, -0.2) is 40.9 Å². The number of carbonyl (C=O) groups excluding carboxylic acids is 2. The highest BCUT2D eigenvalue weighted by Crippen LogP contribution is 2.35. The van der Waals surface area contributed by atoms with Gasteiger partial charge in [0, 0.05) is 56.7 Å². The number of allylic oxidation sites excluding steroid dienone is 1. The van der Waals surface area contributed by atoms with Gasteiger partial charge in [0.15, 0.2) is 0 Å². The molecule has 6 nitrogen and oxygen atoms in total. The summed E-state index contributed by atoms with van der Waals surface area (Å²) in [6.07, 6.45) is 9.62. The third-order valence-electron chi connectivity index (χ3n) is 6.55. The van der Waals surface area contributed by atoms with E-state index >= 15 is 0 Å². The number of pyridine rings is 1. The lowest BCUT2D eigenvalue weighted by molar-refractivity contribution is -0.136. The summed E-state index contributed by atoms with van der Waals surface area (Å²) in [4.78, 5) is 38.8. The molecule has 1 aliphatic carbocycles. The van der Waals surface area contributed by atoms with E-state index in [1.165, 1.54) is 18.4 Å². The quantitative estimate of drug-likeness (QED) is 0.750. The fourth-order valence-corrected chi connectivity index (χ4v) is 5.06. The molecule has 2 bridgehead atoms. The maximum absolute atomic E-state index is 12.7. The predicted octanol–water partition coefficient (Wildman–Crippen LogP) is 2.58. The van der Waals surface area contributed by atoms with E-state index in [0.717, 1.165) is 31.4 Å². The molecule has 156 valence electrons. The highest BCUT2D eigenvalue weighted by atomic mass is 16.2. The lowest BCUT2D eigenvalue weighted by Gasteiger charge is -2.42. The number of piperidine rings is 1. The summed E-state index contributed by atoms with van der Waals surface area (Å²) in [6.45, 7) is 2.68. The van der Waals surface area contributed by atoms with Gasteiger partial charge in [-0.05, 0) is 50.5 Å². The second kappa shape index (κ2) is 8.97. The fraction of sp³-hybridized carbons (Fsp3) is 0.609. The Morgan fingerprint density at radius 2 is 2.00 bits per heavy atom. The lowest BCUT2D eigenvalue weighted by Crippen LogP contribution is -2.49. The zero-order chi connectivity index (χ0) is 20.2. The van der Waals surface area contributed by atoms with Crippen molar-refractivity contribution < 1.29 is 9.59 Å². The molecule has 2 aliphatic heterocycles. The molecular formula is C23H31N3O3. The molecule has 6 heteroatoms. The molecule has 1 aromatic rings. The van der Waals surface area contributed by atoms with Crippen molar-refractivity contribution in [1.29, 1.82) is 0 Å². The van der Waals surface area contributed by atoms with Gasteiger partial charge in [-0.3, -0.25) is 14.4 Å². The molecule has 1 fully saturated rings. The van der Waals surface area contributed by atoms with Crippen LogP contribution in [0.1, 0.15) is 63.0 Å². The van der Waals surface area contributed by atoms with E-state index in [1.54, 1.807) is 6.07 Å². The summed E-state index contributed by atoms with van der Waals surface area (Å²) in [5, 5.41) is 2.96. The second-order valence-electron chi connectivity index (χ2n) is 8.70. The second-order valence-corrected chi connectivity index (χ2v) is 8.70. The number of nitrogens with zero attached hydrogens (tertiary/aromatic N) is 2. The Bertz CT molecular complexity index is 857. The summed E-state index contributed by atoms with van der Waals surface area (Å²) >= 11 is 0. The first-order valence-corrected chi connectivity index (χ1v) is 11.0. The van der Waals surface area contributed by atoms with Gasteiger partial charge >= 0.3 is 0 Å². The van der Waals surface area contributed by atoms with E-state index in [1.807, 2.05) is 21.6 Å². The number of hydrogen-bond donors (Lipinski definition) is 1. The predicted molar refractivity (Wildman–Crippen MR) is 112 cm³/mol. The van der Waals surface area contributed by atoms with Crippen molar-refractivity contribution in [1.82, 2.24) is 14.8 Å². The minimum Gasteiger partial charge on any atom is -0.356 e. The molecule has 0 aromatic carbocycles. The lowest BCUT2D eigenvalue weighted by atomic mass is 9.83. The molecule has 0 saturated carbocycles. The summed E-state index contributed by atoms with van der Waals surface area (Å²) < 4.78 is 1.87. The van der Waals surface area contributed by atoms with Crippen LogP contribution in [0.15, 0.2) is 34.6 Å². The van der Waals surface area contributed by atoms with E-state index < -0.39 is 0 Å². The van der Waals surface area contributed by atoms with Crippen LogP contribution in [0, 0.1) is 5.92 Å². The van der Waals surface area contributed by atoms with Crippen LogP contribution in [0.25, 0.3) is 0 Å². The number of carbonyl (C=O) groups is 2. The van der Waals surface area contributed by atoms with Gasteiger partial charge in [0.25, 0.3) is 5.56 Å². The van der Waals surface area contributed by atoms with Crippen LogP contribution in [0.5, 0.6) is 0 Å². The van der Waals surface area contributed by atoms with E-state index in [-0.39, 0.29) is 36.1 Å². The molecule has 3 heterocycles. The van der Waals surface area contributed by atoms with Gasteiger partial charge in [-0.2, -0.15) is 0 Å². The van der Waals surface area contributed by atoms with Gasteiger partial charge in [-0.15, -0.1) is 0 Å². The summed E-state index contributed by atoms with van der Waals surface area (Å²) in [6, 6.07) is 5.42. The number of hydrogen-bond acceptors (Lipinski definition) is 3. The van der Waals surface area contributed by atoms with Gasteiger partial charge in [-0.1, -0.05) is 17.7 Å². The summed E-state index contributed by atoms with van der Waals surface area (Å²) in [5.74, 6) is 0.557. The Balaban J connectivity index is 1.24. The minimum atomic E-state index is -0.0381. The number of nitrogens with one attached hydrogen (secondary N) is 1. The van der Waals surface area contributed by atoms with Gasteiger partial charge < -0.3 is 14.8 Å². The Kier molecular flexibility index (Phi) is 6.16. The first-order valence-electron chi connectivity index (χ1n) is 11.0. The van der Waals surface area contributed by atoms with Crippen LogP contribution in [0.3, 0.4) is 0 Å². The minimum absolute atomic E-state index is 0.0381. The highest BCUT2D eigenvalue weighted by Gasteiger charge is 2.36. The average molecular weight is 398 g/mol. The van der Waals surface area contributed by atoms with Crippen molar-refractivity contribution in [3.63, 3.8) is 0 Å². The Hall–Kier alpha value is -2.37. The monoisotopic (exact) mass is 397 g/mol. The van der Waals surface area contributed by atoms with Crippen LogP contribution >= 0.6 is 0 Å². The number of rotatable bonds is 6. The third kappa shape index (κ3) is 4.80. The SMILES string of the molecule is O=C(CCC(=O)N1CC2CC(C1)c1cccc(=O)n1C2)NCCC1=CCCCC1. The normalized spacial score (nSPS) is 23.2. The fourth-order valence-electron chi connectivity index (χ4n) is 5.06. The average Bonchev–Trinajstić information content (AvgIpc) is 2.73. The maximum atomic E-state index is 12.7. The van der Waals surface area contributed by atoms with Crippen molar-refractivity contribution in [2.45, 2.75) is 63.8 Å². The molecule has 0 radical (unpaired) electrons. The topological polar surface area (TPSA) is 71.4 Å². The van der Waals surface area contributed by atoms with E-state index in [0.29, 0.717) is 32.1 Å². The number of amides is 2. The number of likely N-dealkylation sites (tertiary alicyclic amines) is 1. The van der Waals surface area contributed by atoms with Crippen LogP contribution < -0.4 is 10.9 Å². The molecular weight excluding hydrogens is 366 g/mol. The molecule has 2 atom stereocenters. The van der Waals surface area contributed by atoms with Crippen LogP contribution in [0.4, 0.5) is 0 Å². The summed E-state index contributed by atoms with van der Waals surface area (Å²) in [7, 11) is 0. The number of fused-ring (bicyclic) bond motifs is 4. The molecule has 0 spiro atoms. The largest absolute Gasteiger partial charge is 0.356 e. The van der Waals surface area contributed by atoms with E-state index in [2.05, 4.69) is 11.4 Å². The molecule has 1 N–H and O–H groups in total. The molecule has 1 saturated heterocycles. The van der Waals surface area contributed by atoms with Gasteiger partial charge in [0.2, 0.25) is 11.8 Å². The first kappa shape index (κ1) is 19.9. The highest BCUT2D eigenvalue weighted by molar-refractivity contribution is 5.83. The summed E-state index contributed by atoms with van der Waals surface area (Å²) in [5.41, 5.74) is 2.55. The van der Waals surface area contributed by atoms with Gasteiger partial charge in [0.05, 0.1) is 0 Å². The molecule has 2 amide bonds. The molecule has 3 aliphatic rings. The van der Waals surface area contributed by atoms with Crippen LogP contribution in [0.2, 0.25) is 0 Å². The zero-order valence-corrected chi connectivity index (χ0v) is 17.1. The standard InChI is InChI=1S/C23H31N3O3/c27-21(24-12-11-17-5-2-1-3-6-17)9-10-22(28)25-14-18-13-19(16-25)20-7-4-8-23(29)26(20)15-18/h4-5,7-8,18-19H,1-3,6,9-16H2,(H,24,27). The third-order valence-corrected chi connectivity index (χ3v) is 6.55. The molecule has 4 rings (SSSR count). The molecule has 29 heavy (non-hydrogen) atoms. The van der Waals surface area contributed by atoms with Gasteiger partial charge in [0.1, 0.15) is 0 Å². The van der Waals surface area contributed by atoms with E-state index in [9.17, 15) is 14.4 Å². The van der Waals surface area contributed by atoms with Crippen molar-refractivity contribution in [2.75, 3.05) is 19.6 Å². The smallest absolute Gasteiger partial charge is 0.250 e. The Morgan fingerprint density at radius 1 is 1.10 bits per heavy atom. The molecule has 2 unspecified atom stereocenters. The van der Waals surface area contributed by atoms with Crippen molar-refractivity contribution >= 4 is 11.8 Å². The number of aromatic nitrogens is 1. The maximum Gasteiger partial charge on any atom is 0.250 e. The van der Waals surface area contributed by atoms with Crippen LogP contribution in [-0.2, 0) is 16.1 Å². The van der Waals surface area contributed by atoms with Crippen molar-refractivity contribution in [2.24, 2.45) is 5.92 Å². The van der Waals surface area contributed by atoms with Crippen molar-refractivity contribution in [3.8, 4) is 0 Å². The van der Waals surface area contributed by atoms with E-state index in [4.69, 9.17) is 0 Å². The molecule has 1 aromatic heterocycles. The Morgan fingerprint density at radius 3 is 2.83 bits per heavy atom. The Labute approximate surface area is 172 Å². The zero-order valence-electron chi connectivity index (χ0n) is 17.1. The first-order chi connectivity index (χ1) is 14.1. The van der Waals surface area contributed by atoms with Gasteiger partial charge in [-0.25, -0.2) is 0 Å². The van der Waals surface area contributed by atoms with Crippen molar-refractivity contribution in [3.05, 3.63) is 45.9 Å².